The van der Waals surface area contributed by atoms with Gasteiger partial charge in [0, 0.05) is 29.3 Å². The maximum absolute atomic E-state index is 12.0. The summed E-state index contributed by atoms with van der Waals surface area (Å²) < 4.78 is 6.89. The number of carbonyl (C=O) groups is 1. The summed E-state index contributed by atoms with van der Waals surface area (Å²) in [7, 11) is 0. The van der Waals surface area contributed by atoms with Crippen LogP contribution in [0.1, 0.15) is 35.8 Å². The fourth-order valence-electron chi connectivity index (χ4n) is 3.20. The van der Waals surface area contributed by atoms with Crippen molar-refractivity contribution in [3.8, 4) is 28.5 Å². The molecule has 3 heterocycles. The molecule has 1 aromatic carbocycles. The molecular weight excluding hydrogens is 420 g/mol. The number of carbonyl (C=O) groups excluding carboxylic acids is 1. The van der Waals surface area contributed by atoms with Gasteiger partial charge < -0.3 is 15.0 Å². The van der Waals surface area contributed by atoms with Crippen molar-refractivity contribution in [1.29, 1.82) is 0 Å². The number of benzene rings is 1. The highest BCUT2D eigenvalue weighted by molar-refractivity contribution is 9.10. The van der Waals surface area contributed by atoms with E-state index in [-0.39, 0.29) is 5.91 Å². The molecule has 1 amide bonds. The van der Waals surface area contributed by atoms with Crippen LogP contribution in [0.15, 0.2) is 41.0 Å². The van der Waals surface area contributed by atoms with Crippen LogP contribution in [0.4, 0.5) is 0 Å². The third-order valence-electron chi connectivity index (χ3n) is 4.67. The number of nitrogens with zero attached hydrogens (tertiary/aromatic N) is 2. The average Bonchev–Trinajstić information content (AvgIpc) is 3.15. The SMILES string of the molecule is CCCCOc1ccc(Br)cc1-c1nccc(-c2cc3c([nH]2)CCNC3=O)n1. The molecule has 0 fully saturated rings. The Kier molecular flexibility index (Phi) is 5.43. The van der Waals surface area contributed by atoms with Crippen molar-refractivity contribution in [1.82, 2.24) is 20.3 Å². The van der Waals surface area contributed by atoms with Crippen LogP contribution < -0.4 is 10.1 Å². The number of amides is 1. The number of rotatable bonds is 6. The lowest BCUT2D eigenvalue weighted by Gasteiger charge is -2.11. The van der Waals surface area contributed by atoms with Crippen molar-refractivity contribution in [3.63, 3.8) is 0 Å². The molecule has 7 heteroatoms. The largest absolute Gasteiger partial charge is 0.493 e. The van der Waals surface area contributed by atoms with Gasteiger partial charge in [0.2, 0.25) is 0 Å². The van der Waals surface area contributed by atoms with Gasteiger partial charge in [-0.25, -0.2) is 9.97 Å². The van der Waals surface area contributed by atoms with Crippen LogP contribution in [0.2, 0.25) is 0 Å². The summed E-state index contributed by atoms with van der Waals surface area (Å²) in [5.74, 6) is 1.30. The van der Waals surface area contributed by atoms with E-state index in [1.165, 1.54) is 0 Å². The molecule has 0 radical (unpaired) electrons. The maximum Gasteiger partial charge on any atom is 0.253 e. The predicted octanol–water partition coefficient (Wildman–Crippen LogP) is 4.37. The van der Waals surface area contributed by atoms with Gasteiger partial charge in [-0.15, -0.1) is 0 Å². The molecule has 0 bridgehead atoms. The van der Waals surface area contributed by atoms with E-state index in [1.54, 1.807) is 6.20 Å². The highest BCUT2D eigenvalue weighted by Crippen LogP contribution is 2.32. The molecule has 0 unspecified atom stereocenters. The summed E-state index contributed by atoms with van der Waals surface area (Å²) in [5.41, 5.74) is 4.03. The van der Waals surface area contributed by atoms with Gasteiger partial charge in [-0.05, 0) is 36.8 Å². The lowest BCUT2D eigenvalue weighted by atomic mass is 10.1. The first-order chi connectivity index (χ1) is 13.7. The second-order valence-corrected chi connectivity index (χ2v) is 7.60. The summed E-state index contributed by atoms with van der Waals surface area (Å²) >= 11 is 3.52. The van der Waals surface area contributed by atoms with Gasteiger partial charge in [0.15, 0.2) is 5.82 Å². The lowest BCUT2D eigenvalue weighted by Crippen LogP contribution is -2.31. The number of nitrogens with one attached hydrogen (secondary N) is 2. The fraction of sp³-hybridized carbons (Fsp3) is 0.286. The molecule has 1 aliphatic heterocycles. The Morgan fingerprint density at radius 1 is 1.21 bits per heavy atom. The summed E-state index contributed by atoms with van der Waals surface area (Å²) in [4.78, 5) is 24.6. The molecule has 2 N–H and O–H groups in total. The summed E-state index contributed by atoms with van der Waals surface area (Å²) in [6, 6.07) is 9.55. The van der Waals surface area contributed by atoms with Crippen LogP contribution in [0, 0.1) is 0 Å². The quantitative estimate of drug-likeness (QED) is 0.557. The highest BCUT2D eigenvalue weighted by Gasteiger charge is 2.21. The van der Waals surface area contributed by atoms with Crippen LogP contribution in [0.25, 0.3) is 22.8 Å². The summed E-state index contributed by atoms with van der Waals surface area (Å²) in [5, 5.41) is 2.86. The molecule has 1 aliphatic rings. The Balaban J connectivity index is 1.70. The number of H-pyrrole nitrogens is 1. The van der Waals surface area contributed by atoms with Crippen molar-refractivity contribution in [2.45, 2.75) is 26.2 Å². The van der Waals surface area contributed by atoms with E-state index < -0.39 is 0 Å². The highest BCUT2D eigenvalue weighted by atomic mass is 79.9. The fourth-order valence-corrected chi connectivity index (χ4v) is 3.56. The van der Waals surface area contributed by atoms with Gasteiger partial charge in [0.1, 0.15) is 5.75 Å². The molecular formula is C21H21BrN4O2. The number of aromatic nitrogens is 3. The molecule has 3 aromatic rings. The van der Waals surface area contributed by atoms with Crippen LogP contribution >= 0.6 is 15.9 Å². The first-order valence-electron chi connectivity index (χ1n) is 9.42. The van der Waals surface area contributed by atoms with Gasteiger partial charge in [-0.2, -0.15) is 0 Å². The average molecular weight is 441 g/mol. The maximum atomic E-state index is 12.0. The zero-order chi connectivity index (χ0) is 19.5. The van der Waals surface area contributed by atoms with Crippen molar-refractivity contribution in [2.75, 3.05) is 13.2 Å². The molecule has 144 valence electrons. The predicted molar refractivity (Wildman–Crippen MR) is 111 cm³/mol. The first kappa shape index (κ1) is 18.7. The number of ether oxygens (including phenoxy) is 1. The second kappa shape index (κ2) is 8.14. The Labute approximate surface area is 171 Å². The number of hydrogen-bond donors (Lipinski definition) is 2. The molecule has 2 aromatic heterocycles. The van der Waals surface area contributed by atoms with Crippen molar-refractivity contribution >= 4 is 21.8 Å². The Morgan fingerprint density at radius 2 is 2.11 bits per heavy atom. The van der Waals surface area contributed by atoms with Crippen LogP contribution in [0.3, 0.4) is 0 Å². The van der Waals surface area contributed by atoms with E-state index >= 15 is 0 Å². The van der Waals surface area contributed by atoms with E-state index in [0.29, 0.717) is 24.5 Å². The monoisotopic (exact) mass is 440 g/mol. The second-order valence-electron chi connectivity index (χ2n) is 6.69. The summed E-state index contributed by atoms with van der Waals surface area (Å²) in [6.45, 7) is 3.44. The van der Waals surface area contributed by atoms with E-state index in [4.69, 9.17) is 9.72 Å². The van der Waals surface area contributed by atoms with E-state index in [2.05, 4.69) is 38.1 Å². The van der Waals surface area contributed by atoms with Crippen LogP contribution in [-0.2, 0) is 6.42 Å². The Hall–Kier alpha value is -2.67. The minimum Gasteiger partial charge on any atom is -0.493 e. The topological polar surface area (TPSA) is 79.9 Å². The third-order valence-corrected chi connectivity index (χ3v) is 5.17. The molecule has 0 saturated carbocycles. The Morgan fingerprint density at radius 3 is 2.93 bits per heavy atom. The molecule has 28 heavy (non-hydrogen) atoms. The molecule has 0 atom stereocenters. The Bertz CT molecular complexity index is 1020. The van der Waals surface area contributed by atoms with Crippen LogP contribution in [-0.4, -0.2) is 34.0 Å². The molecule has 4 rings (SSSR count). The van der Waals surface area contributed by atoms with Crippen molar-refractivity contribution < 1.29 is 9.53 Å². The number of hydrogen-bond acceptors (Lipinski definition) is 4. The number of fused-ring (bicyclic) bond motifs is 1. The van der Waals surface area contributed by atoms with E-state index in [9.17, 15) is 4.79 Å². The van der Waals surface area contributed by atoms with Gasteiger partial charge in [-0.3, -0.25) is 4.79 Å². The molecule has 0 aliphatic carbocycles. The van der Waals surface area contributed by atoms with Crippen molar-refractivity contribution in [2.24, 2.45) is 0 Å². The zero-order valence-electron chi connectivity index (χ0n) is 15.6. The van der Waals surface area contributed by atoms with Crippen LogP contribution in [0.5, 0.6) is 5.75 Å². The molecule has 0 spiro atoms. The van der Waals surface area contributed by atoms with E-state index in [0.717, 1.165) is 52.1 Å². The smallest absolute Gasteiger partial charge is 0.253 e. The minimum absolute atomic E-state index is 0.0448. The minimum atomic E-state index is -0.0448. The number of unbranched alkanes of at least 4 members (excludes halogenated alkanes) is 1. The van der Waals surface area contributed by atoms with Gasteiger partial charge in [0.05, 0.1) is 29.1 Å². The first-order valence-corrected chi connectivity index (χ1v) is 10.2. The number of halogens is 1. The molecule has 0 saturated heterocycles. The van der Waals surface area contributed by atoms with E-state index in [1.807, 2.05) is 30.3 Å². The third kappa shape index (κ3) is 3.80. The normalized spacial score (nSPS) is 13.1. The van der Waals surface area contributed by atoms with Gasteiger partial charge in [0.25, 0.3) is 5.91 Å². The van der Waals surface area contributed by atoms with Gasteiger partial charge in [-0.1, -0.05) is 29.3 Å². The van der Waals surface area contributed by atoms with Gasteiger partial charge >= 0.3 is 0 Å². The summed E-state index contributed by atoms with van der Waals surface area (Å²) in [6.07, 6.45) is 4.59. The lowest BCUT2D eigenvalue weighted by molar-refractivity contribution is 0.0946. The molecule has 6 nitrogen and oxygen atoms in total. The zero-order valence-corrected chi connectivity index (χ0v) is 17.2. The van der Waals surface area contributed by atoms with Crippen molar-refractivity contribution in [3.05, 3.63) is 52.3 Å². The number of aromatic amines is 1. The standard InChI is InChI=1S/C21H21BrN4O2/c1-2-3-10-28-19-5-4-13(22)11-15(19)20-23-8-7-17(26-20)18-12-14-16(25-18)6-9-24-21(14)27/h4-5,7-8,11-12,25H,2-3,6,9-10H2,1H3,(H,24,27).